The topological polar surface area (TPSA) is 64.8 Å². The molecular weight excluding hydrogens is 387 g/mol. The van der Waals surface area contributed by atoms with Crippen molar-refractivity contribution in [2.75, 3.05) is 18.5 Å². The fourth-order valence-electron chi connectivity index (χ4n) is 3.03. The highest BCUT2D eigenvalue weighted by atomic mass is 35.5. The molecule has 3 heterocycles. The summed E-state index contributed by atoms with van der Waals surface area (Å²) in [5.41, 5.74) is 1.36. The molecule has 142 valence electrons. The van der Waals surface area contributed by atoms with Crippen molar-refractivity contribution >= 4 is 22.9 Å². The Kier molecular flexibility index (Phi) is 4.02. The van der Waals surface area contributed by atoms with Crippen molar-refractivity contribution in [1.29, 1.82) is 0 Å². The zero-order chi connectivity index (χ0) is 19.3. The number of likely N-dealkylation sites (N-methyl/N-ethyl adjacent to an activating group) is 1. The number of rotatable bonds is 2. The Balaban J connectivity index is 1.85. The van der Waals surface area contributed by atoms with Crippen LogP contribution in [-0.2, 0) is 0 Å². The van der Waals surface area contributed by atoms with E-state index in [1.165, 1.54) is 22.7 Å². The third-order valence-corrected chi connectivity index (χ3v) is 4.25. The predicted molar refractivity (Wildman–Crippen MR) is 91.3 cm³/mol. The lowest BCUT2D eigenvalue weighted by Crippen LogP contribution is -2.36. The number of fused-ring (bicyclic) bond motifs is 3. The Hall–Kier alpha value is -2.75. The molecule has 1 aromatic carbocycles. The Bertz CT molecular complexity index is 1020. The maximum atomic E-state index is 12.5. The van der Waals surface area contributed by atoms with E-state index in [0.717, 1.165) is 0 Å². The number of hydrogen-bond acceptors (Lipinski definition) is 6. The summed E-state index contributed by atoms with van der Waals surface area (Å²) in [4.78, 5) is 1.92. The van der Waals surface area contributed by atoms with Gasteiger partial charge in [0.25, 0.3) is 0 Å². The molecule has 1 aliphatic rings. The van der Waals surface area contributed by atoms with Gasteiger partial charge in [-0.1, -0.05) is 23.7 Å². The third kappa shape index (κ3) is 3.20. The molecule has 0 radical (unpaired) electrons. The number of halogens is 4. The molecule has 2 aromatic heterocycles. The van der Waals surface area contributed by atoms with E-state index in [1.807, 2.05) is 18.9 Å². The van der Waals surface area contributed by atoms with Crippen LogP contribution in [-0.4, -0.2) is 45.9 Å². The second-order valence-corrected chi connectivity index (χ2v) is 6.47. The minimum atomic E-state index is -4.79. The van der Waals surface area contributed by atoms with Crippen LogP contribution in [0.2, 0.25) is 5.15 Å². The number of hydrogen-bond donors (Lipinski definition) is 0. The van der Waals surface area contributed by atoms with Crippen LogP contribution in [0, 0.1) is 0 Å². The van der Waals surface area contributed by atoms with Gasteiger partial charge in [0.2, 0.25) is 5.65 Å². The number of benzene rings is 1. The van der Waals surface area contributed by atoms with Crippen LogP contribution in [0.25, 0.3) is 17.0 Å². The highest BCUT2D eigenvalue weighted by Crippen LogP contribution is 2.41. The van der Waals surface area contributed by atoms with Crippen LogP contribution in [0.3, 0.4) is 0 Å². The van der Waals surface area contributed by atoms with Crippen molar-refractivity contribution in [3.8, 4) is 22.9 Å². The predicted octanol–water partition coefficient (Wildman–Crippen LogP) is 3.56. The number of aromatic nitrogens is 4. The lowest BCUT2D eigenvalue weighted by atomic mass is 10.2. The Morgan fingerprint density at radius 1 is 1.30 bits per heavy atom. The van der Waals surface area contributed by atoms with E-state index < -0.39 is 6.36 Å². The largest absolute Gasteiger partial charge is 0.573 e. The smallest absolute Gasteiger partial charge is 0.483 e. The minimum Gasteiger partial charge on any atom is -0.483 e. The van der Waals surface area contributed by atoms with Crippen LogP contribution in [0.15, 0.2) is 24.3 Å². The van der Waals surface area contributed by atoms with Gasteiger partial charge in [0.15, 0.2) is 16.7 Å². The van der Waals surface area contributed by atoms with Gasteiger partial charge in [-0.3, -0.25) is 0 Å². The third-order valence-electron chi connectivity index (χ3n) is 4.00. The summed E-state index contributed by atoms with van der Waals surface area (Å²) >= 11 is 6.27. The van der Waals surface area contributed by atoms with Crippen LogP contribution >= 0.6 is 11.6 Å². The molecule has 1 aliphatic heterocycles. The summed E-state index contributed by atoms with van der Waals surface area (Å²) in [5.74, 6) is 0.267. The van der Waals surface area contributed by atoms with E-state index in [4.69, 9.17) is 16.3 Å². The van der Waals surface area contributed by atoms with E-state index in [9.17, 15) is 13.2 Å². The second kappa shape index (κ2) is 6.15. The first-order valence-corrected chi connectivity index (χ1v) is 8.29. The molecule has 4 rings (SSSR count). The van der Waals surface area contributed by atoms with Crippen molar-refractivity contribution in [2.45, 2.75) is 19.4 Å². The zero-order valence-corrected chi connectivity index (χ0v) is 14.9. The molecule has 1 atom stereocenters. The van der Waals surface area contributed by atoms with Gasteiger partial charge < -0.3 is 14.4 Å². The average Bonchev–Trinajstić information content (AvgIpc) is 2.96. The fraction of sp³-hybridized carbons (Fsp3) is 0.312. The molecule has 0 N–H and O–H groups in total. The second-order valence-electron chi connectivity index (χ2n) is 6.11. The van der Waals surface area contributed by atoms with Gasteiger partial charge in [-0.05, 0) is 19.1 Å². The first-order chi connectivity index (χ1) is 12.7. The molecule has 0 fully saturated rings. The van der Waals surface area contributed by atoms with Crippen LogP contribution in [0.4, 0.5) is 18.9 Å². The van der Waals surface area contributed by atoms with E-state index in [1.54, 1.807) is 6.07 Å². The average molecular weight is 400 g/mol. The maximum absolute atomic E-state index is 12.5. The van der Waals surface area contributed by atoms with Gasteiger partial charge in [0.05, 0.1) is 6.54 Å². The standard InChI is InChI=1S/C16H13ClF3N5O2/c1-8-7-24(2)11-12(26-8)13(17)23-25-14(21-22-15(11)25)9-4-3-5-10(6-9)27-16(18,19)20/h3-6,8H,7H2,1-2H3. The molecule has 0 saturated heterocycles. The maximum Gasteiger partial charge on any atom is 0.573 e. The summed E-state index contributed by atoms with van der Waals surface area (Å²) in [7, 11) is 1.86. The van der Waals surface area contributed by atoms with Gasteiger partial charge >= 0.3 is 6.36 Å². The van der Waals surface area contributed by atoms with Crippen molar-refractivity contribution in [3.05, 3.63) is 29.4 Å². The fourth-order valence-corrected chi connectivity index (χ4v) is 3.24. The van der Waals surface area contributed by atoms with Crippen LogP contribution in [0.5, 0.6) is 11.5 Å². The number of ether oxygens (including phenoxy) is 2. The summed E-state index contributed by atoms with van der Waals surface area (Å²) in [6.07, 6.45) is -4.87. The highest BCUT2D eigenvalue weighted by molar-refractivity contribution is 6.31. The van der Waals surface area contributed by atoms with Gasteiger partial charge in [0, 0.05) is 12.6 Å². The summed E-state index contributed by atoms with van der Waals surface area (Å²) in [5, 5.41) is 12.6. The van der Waals surface area contributed by atoms with Crippen molar-refractivity contribution in [1.82, 2.24) is 19.8 Å². The molecule has 0 bridgehead atoms. The highest BCUT2D eigenvalue weighted by Gasteiger charge is 2.32. The molecule has 7 nitrogen and oxygen atoms in total. The van der Waals surface area contributed by atoms with E-state index in [2.05, 4.69) is 20.0 Å². The zero-order valence-electron chi connectivity index (χ0n) is 14.2. The molecule has 11 heteroatoms. The molecular formula is C16H13ClF3N5O2. The van der Waals surface area contributed by atoms with Gasteiger partial charge in [-0.2, -0.15) is 4.52 Å². The molecule has 0 saturated carbocycles. The number of nitrogens with zero attached hydrogens (tertiary/aromatic N) is 5. The van der Waals surface area contributed by atoms with Crippen LogP contribution in [0.1, 0.15) is 6.92 Å². The Morgan fingerprint density at radius 2 is 2.07 bits per heavy atom. The molecule has 1 unspecified atom stereocenters. The van der Waals surface area contributed by atoms with Gasteiger partial charge in [-0.25, -0.2) is 0 Å². The number of anilines is 1. The summed E-state index contributed by atoms with van der Waals surface area (Å²) in [6, 6.07) is 5.41. The van der Waals surface area contributed by atoms with Crippen molar-refractivity contribution < 1.29 is 22.6 Å². The minimum absolute atomic E-state index is 0.0807. The van der Waals surface area contributed by atoms with E-state index in [0.29, 0.717) is 29.2 Å². The first-order valence-electron chi connectivity index (χ1n) is 7.92. The normalized spacial score (nSPS) is 17.0. The van der Waals surface area contributed by atoms with Gasteiger partial charge in [0.1, 0.15) is 17.5 Å². The molecule has 27 heavy (non-hydrogen) atoms. The lowest BCUT2D eigenvalue weighted by Gasteiger charge is -2.32. The summed E-state index contributed by atoms with van der Waals surface area (Å²) < 4.78 is 48.5. The quantitative estimate of drug-likeness (QED) is 0.656. The van der Waals surface area contributed by atoms with Crippen molar-refractivity contribution in [3.63, 3.8) is 0 Å². The monoisotopic (exact) mass is 399 g/mol. The van der Waals surface area contributed by atoms with Gasteiger partial charge in [-0.15, -0.1) is 28.5 Å². The Labute approximate surface area is 156 Å². The summed E-state index contributed by atoms with van der Waals surface area (Å²) in [6.45, 7) is 2.52. The molecule has 0 aliphatic carbocycles. The SMILES string of the molecule is CC1CN(C)c2c(c(Cl)nn3c(-c4cccc(OC(F)(F)F)c4)nnc23)O1. The molecule has 0 amide bonds. The van der Waals surface area contributed by atoms with Crippen molar-refractivity contribution in [2.24, 2.45) is 0 Å². The molecule has 0 spiro atoms. The van der Waals surface area contributed by atoms with E-state index in [-0.39, 0.29) is 22.8 Å². The van der Waals surface area contributed by atoms with Crippen LogP contribution < -0.4 is 14.4 Å². The first kappa shape index (κ1) is 17.7. The van der Waals surface area contributed by atoms with E-state index >= 15 is 0 Å². The Morgan fingerprint density at radius 3 is 2.81 bits per heavy atom. The lowest BCUT2D eigenvalue weighted by molar-refractivity contribution is -0.274. The molecule has 3 aromatic rings. The number of alkyl halides is 3.